The van der Waals surface area contributed by atoms with Gasteiger partial charge in [0.1, 0.15) is 17.4 Å². The molecule has 0 saturated heterocycles. The molecule has 0 bridgehead atoms. The van der Waals surface area contributed by atoms with Crippen LogP contribution < -0.4 is 5.32 Å². The van der Waals surface area contributed by atoms with Gasteiger partial charge in [-0.2, -0.15) is 0 Å². The van der Waals surface area contributed by atoms with Crippen LogP contribution in [0.25, 0.3) is 0 Å². The molecule has 3 aromatic rings. The van der Waals surface area contributed by atoms with E-state index in [2.05, 4.69) is 21.2 Å². The van der Waals surface area contributed by atoms with Crippen molar-refractivity contribution in [3.05, 3.63) is 93.5 Å². The molecule has 0 saturated carbocycles. The molecule has 2 N–H and O–H groups in total. The maximum Gasteiger partial charge on any atom is 0.257 e. The van der Waals surface area contributed by atoms with E-state index >= 15 is 0 Å². The Balaban J connectivity index is 1.71. The lowest BCUT2D eigenvalue weighted by Crippen LogP contribution is -2.26. The van der Waals surface area contributed by atoms with Crippen molar-refractivity contribution in [3.63, 3.8) is 0 Å². The number of nitrogens with one attached hydrogen (secondary N) is 1. The maximum absolute atomic E-state index is 13.3. The van der Waals surface area contributed by atoms with Gasteiger partial charge in [-0.05, 0) is 42.0 Å². The van der Waals surface area contributed by atoms with Crippen molar-refractivity contribution in [2.75, 3.05) is 12.4 Å². The normalized spacial score (nSPS) is 10.5. The molecule has 154 valence electrons. The summed E-state index contributed by atoms with van der Waals surface area (Å²) in [4.78, 5) is 26.3. The standard InChI is InChI=1S/C22H17BrF2N2O3/c1-27(12-13-2-4-15(23)5-3-13)22(30)19-7-6-18(11-20(19)28)26-21(29)14-8-16(24)10-17(25)9-14/h2-11,28H,12H2,1H3,(H,26,29). The fourth-order valence-corrected chi connectivity index (χ4v) is 3.08. The first-order chi connectivity index (χ1) is 14.2. The number of amides is 2. The Morgan fingerprint density at radius 1 is 1.00 bits per heavy atom. The number of anilines is 1. The van der Waals surface area contributed by atoms with Crippen LogP contribution in [0.15, 0.2) is 65.1 Å². The molecule has 0 aliphatic carbocycles. The molecule has 0 aliphatic rings. The van der Waals surface area contributed by atoms with Crippen molar-refractivity contribution in [2.24, 2.45) is 0 Å². The molecular formula is C22H17BrF2N2O3. The molecule has 0 aromatic heterocycles. The second-order valence-electron chi connectivity index (χ2n) is 6.63. The third-order valence-corrected chi connectivity index (χ3v) is 4.82. The molecule has 3 rings (SSSR count). The lowest BCUT2D eigenvalue weighted by atomic mass is 10.1. The van der Waals surface area contributed by atoms with E-state index in [0.717, 1.165) is 22.2 Å². The number of nitrogens with zero attached hydrogens (tertiary/aromatic N) is 1. The van der Waals surface area contributed by atoms with Crippen LogP contribution in [-0.2, 0) is 6.54 Å². The van der Waals surface area contributed by atoms with Crippen LogP contribution in [0.5, 0.6) is 5.75 Å². The van der Waals surface area contributed by atoms with Crippen molar-refractivity contribution in [1.82, 2.24) is 4.90 Å². The summed E-state index contributed by atoms with van der Waals surface area (Å²) in [5.74, 6) is -3.24. The summed E-state index contributed by atoms with van der Waals surface area (Å²) < 4.78 is 27.5. The predicted octanol–water partition coefficient (Wildman–Crippen LogP) is 4.96. The fourth-order valence-electron chi connectivity index (χ4n) is 2.82. The summed E-state index contributed by atoms with van der Waals surface area (Å²) in [6.45, 7) is 0.342. The number of hydrogen-bond donors (Lipinski definition) is 2. The second-order valence-corrected chi connectivity index (χ2v) is 7.55. The van der Waals surface area contributed by atoms with Crippen molar-refractivity contribution in [2.45, 2.75) is 6.54 Å². The van der Waals surface area contributed by atoms with E-state index in [1.165, 1.54) is 23.1 Å². The van der Waals surface area contributed by atoms with Gasteiger partial charge in [0, 0.05) is 41.4 Å². The van der Waals surface area contributed by atoms with E-state index < -0.39 is 23.4 Å². The number of halogens is 3. The molecule has 0 unspecified atom stereocenters. The van der Waals surface area contributed by atoms with Crippen molar-refractivity contribution in [3.8, 4) is 5.75 Å². The van der Waals surface area contributed by atoms with E-state index in [4.69, 9.17) is 0 Å². The number of carbonyl (C=O) groups is 2. The summed E-state index contributed by atoms with van der Waals surface area (Å²) in [5, 5.41) is 12.7. The highest BCUT2D eigenvalue weighted by Crippen LogP contribution is 2.24. The first-order valence-corrected chi connectivity index (χ1v) is 9.62. The Bertz CT molecular complexity index is 1080. The van der Waals surface area contributed by atoms with Gasteiger partial charge >= 0.3 is 0 Å². The van der Waals surface area contributed by atoms with Crippen LogP contribution in [0.3, 0.4) is 0 Å². The number of carbonyl (C=O) groups excluding carboxylic acids is 2. The lowest BCUT2D eigenvalue weighted by Gasteiger charge is -2.18. The highest BCUT2D eigenvalue weighted by Gasteiger charge is 2.17. The summed E-state index contributed by atoms with van der Waals surface area (Å²) >= 11 is 3.35. The molecule has 0 fully saturated rings. The molecule has 0 aliphatic heterocycles. The highest BCUT2D eigenvalue weighted by atomic mass is 79.9. The third-order valence-electron chi connectivity index (χ3n) is 4.29. The van der Waals surface area contributed by atoms with Crippen molar-refractivity contribution < 1.29 is 23.5 Å². The Kier molecular flexibility index (Phi) is 6.47. The molecule has 5 nitrogen and oxygen atoms in total. The quantitative estimate of drug-likeness (QED) is 0.549. The van der Waals surface area contributed by atoms with Gasteiger partial charge in [-0.3, -0.25) is 9.59 Å². The summed E-state index contributed by atoms with van der Waals surface area (Å²) in [6, 6.07) is 13.9. The minimum absolute atomic E-state index is 0.0596. The van der Waals surface area contributed by atoms with Gasteiger partial charge in [0.15, 0.2) is 0 Å². The monoisotopic (exact) mass is 474 g/mol. The number of phenolic OH excluding ortho intramolecular Hbond substituents is 1. The van der Waals surface area contributed by atoms with Crippen LogP contribution in [0.2, 0.25) is 0 Å². The highest BCUT2D eigenvalue weighted by molar-refractivity contribution is 9.10. The van der Waals surface area contributed by atoms with Gasteiger partial charge in [0.2, 0.25) is 0 Å². The van der Waals surface area contributed by atoms with E-state index in [-0.39, 0.29) is 22.6 Å². The lowest BCUT2D eigenvalue weighted by molar-refractivity contribution is 0.0782. The first-order valence-electron chi connectivity index (χ1n) is 8.83. The van der Waals surface area contributed by atoms with Crippen LogP contribution in [0.1, 0.15) is 26.3 Å². The molecule has 0 atom stereocenters. The number of phenols is 1. The molecule has 2 amide bonds. The molecule has 0 radical (unpaired) electrons. The summed E-state index contributed by atoms with van der Waals surface area (Å²) in [6.07, 6.45) is 0. The van der Waals surface area contributed by atoms with Crippen LogP contribution in [0, 0.1) is 11.6 Å². The van der Waals surface area contributed by atoms with Crippen molar-refractivity contribution in [1.29, 1.82) is 0 Å². The Morgan fingerprint density at radius 2 is 1.63 bits per heavy atom. The largest absolute Gasteiger partial charge is 0.507 e. The minimum atomic E-state index is -0.877. The SMILES string of the molecule is CN(Cc1ccc(Br)cc1)C(=O)c1ccc(NC(=O)c2cc(F)cc(F)c2)cc1O. The zero-order valence-electron chi connectivity index (χ0n) is 15.8. The van der Waals surface area contributed by atoms with E-state index in [1.807, 2.05) is 24.3 Å². The third kappa shape index (κ3) is 5.21. The van der Waals surface area contributed by atoms with E-state index in [0.29, 0.717) is 12.6 Å². The average molecular weight is 475 g/mol. The molecule has 3 aromatic carbocycles. The summed E-state index contributed by atoms with van der Waals surface area (Å²) in [5.41, 5.74) is 0.944. The van der Waals surface area contributed by atoms with Crippen molar-refractivity contribution >= 4 is 33.4 Å². The zero-order chi connectivity index (χ0) is 21.8. The van der Waals surface area contributed by atoms with E-state index in [1.54, 1.807) is 7.05 Å². The Hall–Kier alpha value is -3.26. The van der Waals surface area contributed by atoms with Crippen LogP contribution >= 0.6 is 15.9 Å². The average Bonchev–Trinajstić information content (AvgIpc) is 2.68. The van der Waals surface area contributed by atoms with Gasteiger partial charge < -0.3 is 15.3 Å². The summed E-state index contributed by atoms with van der Waals surface area (Å²) in [7, 11) is 1.61. The first kappa shape index (κ1) is 21.4. The Labute approximate surface area is 180 Å². The van der Waals surface area contributed by atoms with Gasteiger partial charge in [0.05, 0.1) is 5.56 Å². The minimum Gasteiger partial charge on any atom is -0.507 e. The van der Waals surface area contributed by atoms with Gasteiger partial charge in [-0.15, -0.1) is 0 Å². The second kappa shape index (κ2) is 9.04. The molecule has 0 heterocycles. The number of hydrogen-bond acceptors (Lipinski definition) is 3. The maximum atomic E-state index is 13.3. The van der Waals surface area contributed by atoms with Crippen LogP contribution in [0.4, 0.5) is 14.5 Å². The van der Waals surface area contributed by atoms with Gasteiger partial charge in [-0.1, -0.05) is 28.1 Å². The van der Waals surface area contributed by atoms with Gasteiger partial charge in [-0.25, -0.2) is 8.78 Å². The van der Waals surface area contributed by atoms with Crippen LogP contribution in [-0.4, -0.2) is 28.9 Å². The zero-order valence-corrected chi connectivity index (χ0v) is 17.4. The molecule has 8 heteroatoms. The number of aromatic hydroxyl groups is 1. The number of benzene rings is 3. The van der Waals surface area contributed by atoms with E-state index in [9.17, 15) is 23.5 Å². The fraction of sp³-hybridized carbons (Fsp3) is 0.0909. The smallest absolute Gasteiger partial charge is 0.257 e. The van der Waals surface area contributed by atoms with Gasteiger partial charge in [0.25, 0.3) is 11.8 Å². The molecular weight excluding hydrogens is 458 g/mol. The molecule has 0 spiro atoms. The molecule has 30 heavy (non-hydrogen) atoms. The predicted molar refractivity (Wildman–Crippen MR) is 112 cm³/mol. The Morgan fingerprint density at radius 3 is 2.23 bits per heavy atom. The topological polar surface area (TPSA) is 69.6 Å². The number of rotatable bonds is 5.